The Balaban J connectivity index is 2.99. The Morgan fingerprint density at radius 1 is 1.31 bits per heavy atom. The highest BCUT2D eigenvalue weighted by Gasteiger charge is 2.18. The van der Waals surface area contributed by atoms with Gasteiger partial charge in [0.1, 0.15) is 5.82 Å². The Morgan fingerprint density at radius 3 is 2.23 bits per heavy atom. The molecule has 0 fully saturated rings. The lowest BCUT2D eigenvalue weighted by molar-refractivity contribution is 0.626. The van der Waals surface area contributed by atoms with Crippen LogP contribution in [0.4, 0.5) is 4.39 Å². The fourth-order valence-corrected chi connectivity index (χ4v) is 6.47. The highest BCUT2D eigenvalue weighted by molar-refractivity contribution is 9.36. The van der Waals surface area contributed by atoms with Gasteiger partial charge in [-0.2, -0.15) is 0 Å². The second-order valence-corrected chi connectivity index (χ2v) is 12.4. The van der Waals surface area contributed by atoms with Crippen LogP contribution in [0, 0.1) is 5.82 Å². The molecule has 5 heteroatoms. The van der Waals surface area contributed by atoms with Gasteiger partial charge < -0.3 is 0 Å². The zero-order valence-corrected chi connectivity index (χ0v) is 10.7. The van der Waals surface area contributed by atoms with Crippen LogP contribution in [0.3, 0.4) is 0 Å². The SMILES string of the molecule is CSS(C)(SS)c1ccc(F)cc1. The summed E-state index contributed by atoms with van der Waals surface area (Å²) in [7, 11) is 2.35. The minimum Gasteiger partial charge on any atom is -0.207 e. The van der Waals surface area contributed by atoms with Gasteiger partial charge in [-0.1, -0.05) is 0 Å². The Morgan fingerprint density at radius 2 is 1.85 bits per heavy atom. The van der Waals surface area contributed by atoms with Gasteiger partial charge in [0.25, 0.3) is 0 Å². The molecule has 13 heavy (non-hydrogen) atoms. The first-order valence-electron chi connectivity index (χ1n) is 3.55. The lowest BCUT2D eigenvalue weighted by Crippen LogP contribution is -1.86. The summed E-state index contributed by atoms with van der Waals surface area (Å²) in [6.45, 7) is 0. The van der Waals surface area contributed by atoms with E-state index >= 15 is 0 Å². The van der Waals surface area contributed by atoms with E-state index in [1.165, 1.54) is 17.0 Å². The highest BCUT2D eigenvalue weighted by Crippen LogP contribution is 2.72. The fourth-order valence-electron chi connectivity index (χ4n) is 0.851. The number of hydrogen-bond donors (Lipinski definition) is 1. The zero-order chi connectivity index (χ0) is 9.90. The standard InChI is InChI=1S/C8H11FS4/c1-11-13(2,12-10)8-5-3-7(9)4-6-8/h3-6,10H,1-2H3. The second-order valence-electron chi connectivity index (χ2n) is 2.47. The molecule has 0 aliphatic rings. The molecule has 1 atom stereocenters. The van der Waals surface area contributed by atoms with Crippen LogP contribution in [-0.4, -0.2) is 12.5 Å². The van der Waals surface area contributed by atoms with Crippen molar-refractivity contribution in [3.8, 4) is 0 Å². The van der Waals surface area contributed by atoms with Gasteiger partial charge >= 0.3 is 0 Å². The first-order valence-corrected chi connectivity index (χ1v) is 9.72. The van der Waals surface area contributed by atoms with Crippen LogP contribution in [0.25, 0.3) is 0 Å². The van der Waals surface area contributed by atoms with Crippen LogP contribution in [0.5, 0.6) is 0 Å². The number of halogens is 1. The van der Waals surface area contributed by atoms with Crippen molar-refractivity contribution in [2.75, 3.05) is 12.5 Å². The van der Waals surface area contributed by atoms with E-state index in [9.17, 15) is 4.39 Å². The molecule has 1 unspecified atom stereocenters. The summed E-state index contributed by atoms with van der Waals surface area (Å²) in [4.78, 5) is 1.17. The Hall–Kier alpha value is 0.550. The monoisotopic (exact) mass is 254 g/mol. The Labute approximate surface area is 92.0 Å². The van der Waals surface area contributed by atoms with Crippen molar-refractivity contribution in [1.82, 2.24) is 0 Å². The number of hydrogen-bond acceptors (Lipinski definition) is 3. The lowest BCUT2D eigenvalue weighted by Gasteiger charge is -2.30. The molecule has 1 aromatic carbocycles. The molecule has 0 N–H and O–H groups in total. The molecular weight excluding hydrogens is 243 g/mol. The van der Waals surface area contributed by atoms with Crippen molar-refractivity contribution in [2.45, 2.75) is 4.90 Å². The molecule has 0 bridgehead atoms. The summed E-state index contributed by atoms with van der Waals surface area (Å²) in [5.74, 6) is -0.184. The molecule has 0 saturated heterocycles. The van der Waals surface area contributed by atoms with Gasteiger partial charge in [-0.05, 0) is 46.6 Å². The van der Waals surface area contributed by atoms with Crippen molar-refractivity contribution >= 4 is 40.4 Å². The molecule has 0 aliphatic carbocycles. The number of thiol groups is 1. The molecule has 74 valence electrons. The summed E-state index contributed by atoms with van der Waals surface area (Å²) in [6.07, 6.45) is 4.21. The maximum Gasteiger partial charge on any atom is 0.123 e. The van der Waals surface area contributed by atoms with Crippen LogP contribution >= 0.6 is 40.4 Å². The van der Waals surface area contributed by atoms with Gasteiger partial charge in [0.2, 0.25) is 0 Å². The maximum absolute atomic E-state index is 12.7. The maximum atomic E-state index is 12.7. The smallest absolute Gasteiger partial charge is 0.123 e. The minimum absolute atomic E-state index is 0.184. The Kier molecular flexibility index (Phi) is 4.35. The molecule has 0 amide bonds. The predicted octanol–water partition coefficient (Wildman–Crippen LogP) is 4.39. The van der Waals surface area contributed by atoms with E-state index in [-0.39, 0.29) is 5.82 Å². The zero-order valence-electron chi connectivity index (χ0n) is 7.36. The van der Waals surface area contributed by atoms with Crippen molar-refractivity contribution in [2.24, 2.45) is 0 Å². The average Bonchev–Trinajstić information content (AvgIpc) is 2.18. The van der Waals surface area contributed by atoms with Crippen molar-refractivity contribution in [1.29, 1.82) is 0 Å². The van der Waals surface area contributed by atoms with Gasteiger partial charge in [0.05, 0.1) is 0 Å². The molecule has 1 rings (SSSR count). The summed E-state index contributed by atoms with van der Waals surface area (Å²) < 4.78 is 12.7. The van der Waals surface area contributed by atoms with Gasteiger partial charge in [0.15, 0.2) is 0 Å². The van der Waals surface area contributed by atoms with Gasteiger partial charge in [0, 0.05) is 4.90 Å². The quantitative estimate of drug-likeness (QED) is 0.627. The molecule has 0 aromatic heterocycles. The molecule has 0 aliphatic heterocycles. The molecule has 0 heterocycles. The third kappa shape index (κ3) is 2.75. The molecule has 0 radical (unpaired) electrons. The molecule has 0 saturated carbocycles. The normalized spacial score (nSPS) is 17.8. The highest BCUT2D eigenvalue weighted by atomic mass is 33.7. The van der Waals surface area contributed by atoms with Crippen LogP contribution < -0.4 is 0 Å². The molecule has 0 nitrogen and oxygen atoms in total. The van der Waals surface area contributed by atoms with E-state index in [0.29, 0.717) is 0 Å². The largest absolute Gasteiger partial charge is 0.207 e. The third-order valence-corrected chi connectivity index (χ3v) is 13.1. The van der Waals surface area contributed by atoms with Crippen LogP contribution in [-0.2, 0) is 0 Å². The van der Waals surface area contributed by atoms with E-state index in [1.54, 1.807) is 20.6 Å². The third-order valence-electron chi connectivity index (χ3n) is 1.70. The van der Waals surface area contributed by atoms with E-state index in [2.05, 4.69) is 24.2 Å². The minimum atomic E-state index is -0.979. The van der Waals surface area contributed by atoms with Gasteiger partial charge in [-0.15, -0.1) is 30.5 Å². The van der Waals surface area contributed by atoms with Crippen molar-refractivity contribution in [3.05, 3.63) is 30.1 Å². The first kappa shape index (κ1) is 11.6. The van der Waals surface area contributed by atoms with E-state index in [4.69, 9.17) is 0 Å². The summed E-state index contributed by atoms with van der Waals surface area (Å²) in [5.41, 5.74) is 0. The topological polar surface area (TPSA) is 0 Å². The predicted molar refractivity (Wildman–Crippen MR) is 68.3 cm³/mol. The number of rotatable bonds is 3. The van der Waals surface area contributed by atoms with Crippen molar-refractivity contribution < 1.29 is 4.39 Å². The van der Waals surface area contributed by atoms with E-state index in [0.717, 1.165) is 0 Å². The lowest BCUT2D eigenvalue weighted by atomic mass is 10.4. The van der Waals surface area contributed by atoms with Crippen LogP contribution in [0.1, 0.15) is 0 Å². The summed E-state index contributed by atoms with van der Waals surface area (Å²) >= 11 is 4.26. The van der Waals surface area contributed by atoms with E-state index < -0.39 is 8.09 Å². The van der Waals surface area contributed by atoms with Crippen LogP contribution in [0.15, 0.2) is 29.2 Å². The molecule has 0 spiro atoms. The number of benzene rings is 1. The van der Waals surface area contributed by atoms with Crippen molar-refractivity contribution in [3.63, 3.8) is 0 Å². The summed E-state index contributed by atoms with van der Waals surface area (Å²) in [5, 5.41) is 0. The summed E-state index contributed by atoms with van der Waals surface area (Å²) in [6, 6.07) is 6.68. The second kappa shape index (κ2) is 4.87. The fraction of sp³-hybridized carbons (Fsp3) is 0.250. The molecule has 1 aromatic rings. The van der Waals surface area contributed by atoms with Gasteiger partial charge in [-0.3, -0.25) is 0 Å². The van der Waals surface area contributed by atoms with E-state index in [1.807, 2.05) is 12.1 Å². The van der Waals surface area contributed by atoms with Crippen LogP contribution in [0.2, 0.25) is 0 Å². The first-order chi connectivity index (χ1) is 6.12. The Bertz CT molecular complexity index is 268. The molecular formula is C8H11FS4. The average molecular weight is 254 g/mol. The van der Waals surface area contributed by atoms with Gasteiger partial charge in [-0.25, -0.2) is 4.39 Å².